The molecule has 11 nitrogen and oxygen atoms in total. The van der Waals surface area contributed by atoms with E-state index in [9.17, 15) is 18.0 Å². The van der Waals surface area contributed by atoms with Gasteiger partial charge in [-0.25, -0.2) is 9.07 Å². The molecule has 2 aliphatic carbocycles. The topological polar surface area (TPSA) is 180 Å². The van der Waals surface area contributed by atoms with Gasteiger partial charge in [-0.2, -0.15) is 13.5 Å². The number of aromatic nitrogens is 2. The third-order valence-corrected chi connectivity index (χ3v) is 7.05. The van der Waals surface area contributed by atoms with Gasteiger partial charge in [-0.05, 0) is 68.9 Å². The van der Waals surface area contributed by atoms with Crippen LogP contribution in [0.1, 0.15) is 73.3 Å². The van der Waals surface area contributed by atoms with Crippen molar-refractivity contribution in [1.82, 2.24) is 9.78 Å². The minimum atomic E-state index is -3.67. The van der Waals surface area contributed by atoms with Gasteiger partial charge >= 0.3 is 5.97 Å². The van der Waals surface area contributed by atoms with Crippen molar-refractivity contribution in [3.8, 4) is 5.69 Å². The Bertz CT molecular complexity index is 1320. The summed E-state index contributed by atoms with van der Waals surface area (Å²) < 4.78 is 48.2. The van der Waals surface area contributed by atoms with Crippen LogP contribution in [0.3, 0.4) is 0 Å². The van der Waals surface area contributed by atoms with E-state index in [1.165, 1.54) is 11.6 Å². The summed E-state index contributed by atoms with van der Waals surface area (Å²) in [7, 11) is -3.67. The maximum absolute atomic E-state index is 15.2. The highest BCUT2D eigenvalue weighted by molar-refractivity contribution is 7.85. The SMILES string of the molecule is CS(=O)(=O)O.Cc1nn(-c2cc(F)c(C(N)=O)c(N[C@H]3CC[C@H](OC(=O)CN)CC3)c2)c2c1CCC(C)(C)C2. The number of halogens is 1. The fourth-order valence-corrected chi connectivity index (χ4v) is 5.19. The lowest BCUT2D eigenvalue weighted by atomic mass is 9.76. The lowest BCUT2D eigenvalue weighted by Gasteiger charge is -2.31. The summed E-state index contributed by atoms with van der Waals surface area (Å²) in [4.78, 5) is 23.6. The fraction of sp³-hybridized carbons (Fsp3) is 0.577. The number of hydrogen-bond acceptors (Lipinski definition) is 8. The van der Waals surface area contributed by atoms with Gasteiger partial charge in [-0.3, -0.25) is 14.1 Å². The lowest BCUT2D eigenvalue weighted by molar-refractivity contribution is -0.148. The van der Waals surface area contributed by atoms with Crippen LogP contribution < -0.4 is 16.8 Å². The van der Waals surface area contributed by atoms with Gasteiger partial charge in [-0.15, -0.1) is 0 Å². The Hall–Kier alpha value is -3.03. The summed E-state index contributed by atoms with van der Waals surface area (Å²) >= 11 is 0. The van der Waals surface area contributed by atoms with E-state index in [2.05, 4.69) is 19.2 Å². The number of esters is 1. The monoisotopic (exact) mass is 567 g/mol. The number of carbonyl (C=O) groups excluding carboxylic acids is 2. The minimum Gasteiger partial charge on any atom is -0.461 e. The van der Waals surface area contributed by atoms with Crippen molar-refractivity contribution < 1.29 is 31.7 Å². The van der Waals surface area contributed by atoms with Gasteiger partial charge in [-0.1, -0.05) is 13.8 Å². The first-order chi connectivity index (χ1) is 18.1. The molecule has 1 aromatic carbocycles. The van der Waals surface area contributed by atoms with Crippen molar-refractivity contribution in [3.63, 3.8) is 0 Å². The van der Waals surface area contributed by atoms with Gasteiger partial charge in [0, 0.05) is 17.8 Å². The number of hydrogen-bond donors (Lipinski definition) is 4. The first-order valence-electron chi connectivity index (χ1n) is 12.9. The van der Waals surface area contributed by atoms with Crippen LogP contribution in [0.15, 0.2) is 12.1 Å². The summed E-state index contributed by atoms with van der Waals surface area (Å²) in [6, 6.07) is 3.09. The van der Waals surface area contributed by atoms with Crippen molar-refractivity contribution in [2.75, 3.05) is 18.1 Å². The van der Waals surface area contributed by atoms with E-state index in [-0.39, 0.29) is 29.7 Å². The maximum Gasteiger partial charge on any atom is 0.319 e. The van der Waals surface area contributed by atoms with Crippen LogP contribution in [0.2, 0.25) is 0 Å². The number of benzene rings is 1. The fourth-order valence-electron chi connectivity index (χ4n) is 5.19. The quantitative estimate of drug-likeness (QED) is 0.301. The van der Waals surface area contributed by atoms with E-state index >= 15 is 4.39 Å². The molecule has 6 N–H and O–H groups in total. The molecule has 2 aromatic rings. The van der Waals surface area contributed by atoms with Gasteiger partial charge < -0.3 is 21.5 Å². The van der Waals surface area contributed by atoms with Crippen molar-refractivity contribution in [2.45, 2.75) is 77.9 Å². The standard InChI is InChI=1S/C25H34FN5O3.CH4O3S/c1-14-18-8-9-25(2,3)12-21(18)31(30-14)16-10-19(26)23(24(28)33)20(11-16)29-15-4-6-17(7-5-15)34-22(32)13-27;1-5(2,3)4/h10-11,15,17,29H,4-9,12-13,27H2,1-3H3,(H2,28,33);1H3,(H,2,3,4)/t15-,17-;. The number of fused-ring (bicyclic) bond motifs is 1. The van der Waals surface area contributed by atoms with E-state index < -0.39 is 27.8 Å². The molecule has 1 aromatic heterocycles. The number of nitrogens with one attached hydrogen (secondary N) is 1. The Morgan fingerprint density at radius 3 is 2.44 bits per heavy atom. The molecule has 0 radical (unpaired) electrons. The zero-order valence-corrected chi connectivity index (χ0v) is 23.6. The molecule has 0 bridgehead atoms. The molecule has 2 aliphatic rings. The summed E-state index contributed by atoms with van der Waals surface area (Å²) in [5.74, 6) is -1.91. The number of nitrogens with zero attached hydrogens (tertiary/aromatic N) is 2. The highest BCUT2D eigenvalue weighted by Crippen LogP contribution is 2.38. The molecule has 1 fully saturated rings. The van der Waals surface area contributed by atoms with Gasteiger partial charge in [0.25, 0.3) is 16.0 Å². The Morgan fingerprint density at radius 1 is 1.26 bits per heavy atom. The molecule has 0 aliphatic heterocycles. The second-order valence-electron chi connectivity index (χ2n) is 11.0. The average molecular weight is 568 g/mol. The van der Waals surface area contributed by atoms with Crippen LogP contribution in [0, 0.1) is 18.2 Å². The molecule has 0 saturated heterocycles. The van der Waals surface area contributed by atoms with Gasteiger partial charge in [0.05, 0.1) is 35.4 Å². The van der Waals surface area contributed by atoms with Gasteiger partial charge in [0.15, 0.2) is 0 Å². The number of primary amides is 1. The Balaban J connectivity index is 0.000000771. The molecule has 13 heteroatoms. The Kier molecular flexibility index (Phi) is 9.39. The molecule has 1 heterocycles. The molecular formula is C26H38FN5O6S. The first-order valence-corrected chi connectivity index (χ1v) is 14.7. The average Bonchev–Trinajstić information content (AvgIpc) is 3.13. The summed E-state index contributed by atoms with van der Waals surface area (Å²) in [5, 5.41) is 8.05. The highest BCUT2D eigenvalue weighted by atomic mass is 32.2. The number of aryl methyl sites for hydroxylation is 1. The lowest BCUT2D eigenvalue weighted by Crippen LogP contribution is -2.33. The van der Waals surface area contributed by atoms with E-state index in [1.807, 2.05) is 11.6 Å². The van der Waals surface area contributed by atoms with Crippen molar-refractivity contribution in [3.05, 3.63) is 40.5 Å². The smallest absolute Gasteiger partial charge is 0.319 e. The zero-order valence-electron chi connectivity index (χ0n) is 22.8. The largest absolute Gasteiger partial charge is 0.461 e. The van der Waals surface area contributed by atoms with Crippen LogP contribution in [0.5, 0.6) is 0 Å². The molecular weight excluding hydrogens is 529 g/mol. The van der Waals surface area contributed by atoms with E-state index in [4.69, 9.17) is 25.9 Å². The molecule has 0 atom stereocenters. The van der Waals surface area contributed by atoms with E-state index in [0.29, 0.717) is 43.3 Å². The van der Waals surface area contributed by atoms with Gasteiger partial charge in [0.1, 0.15) is 11.9 Å². The van der Waals surface area contributed by atoms with Crippen LogP contribution in [0.25, 0.3) is 5.69 Å². The Morgan fingerprint density at radius 2 is 1.87 bits per heavy atom. The van der Waals surface area contributed by atoms with E-state index in [1.54, 1.807) is 6.07 Å². The molecule has 1 amide bonds. The predicted molar refractivity (Wildman–Crippen MR) is 145 cm³/mol. The van der Waals surface area contributed by atoms with Crippen LogP contribution >= 0.6 is 0 Å². The minimum absolute atomic E-state index is 0.00668. The number of amides is 1. The predicted octanol–water partition coefficient (Wildman–Crippen LogP) is 2.66. The van der Waals surface area contributed by atoms with Crippen LogP contribution in [-0.2, 0) is 32.5 Å². The molecule has 216 valence electrons. The normalized spacial score (nSPS) is 20.3. The number of nitrogens with two attached hydrogens (primary N) is 2. The third-order valence-electron chi connectivity index (χ3n) is 7.05. The van der Waals surface area contributed by atoms with E-state index in [0.717, 1.165) is 30.7 Å². The number of ether oxygens (including phenoxy) is 1. The van der Waals surface area contributed by atoms with Gasteiger partial charge in [0.2, 0.25) is 0 Å². The first kappa shape index (κ1) is 30.5. The number of carbonyl (C=O) groups is 2. The molecule has 39 heavy (non-hydrogen) atoms. The second kappa shape index (κ2) is 12.0. The maximum atomic E-state index is 15.2. The molecule has 4 rings (SSSR count). The Labute approximate surface area is 228 Å². The summed E-state index contributed by atoms with van der Waals surface area (Å²) in [5.41, 5.74) is 15.0. The molecule has 1 saturated carbocycles. The van der Waals surface area contributed by atoms with Crippen molar-refractivity contribution in [2.24, 2.45) is 16.9 Å². The number of rotatable bonds is 6. The number of anilines is 1. The third kappa shape index (κ3) is 8.23. The molecule has 0 unspecified atom stereocenters. The summed E-state index contributed by atoms with van der Waals surface area (Å²) in [6.45, 7) is 6.30. The van der Waals surface area contributed by atoms with Crippen molar-refractivity contribution >= 4 is 27.7 Å². The van der Waals surface area contributed by atoms with Crippen LogP contribution in [0.4, 0.5) is 10.1 Å². The highest BCUT2D eigenvalue weighted by Gasteiger charge is 2.31. The zero-order chi connectivity index (χ0) is 29.1. The second-order valence-corrected chi connectivity index (χ2v) is 12.5. The van der Waals surface area contributed by atoms with Crippen molar-refractivity contribution in [1.29, 1.82) is 0 Å². The van der Waals surface area contributed by atoms with Crippen LogP contribution in [-0.4, -0.2) is 59.6 Å². The molecule has 0 spiro atoms. The summed E-state index contributed by atoms with van der Waals surface area (Å²) in [6.07, 6.45) is 6.15.